The molecule has 82 valence electrons. The molecule has 0 unspecified atom stereocenters. The number of carbonyl (C=O) groups is 2. The van der Waals surface area contributed by atoms with Crippen LogP contribution < -0.4 is 5.32 Å². The van der Waals surface area contributed by atoms with Gasteiger partial charge in [0.2, 0.25) is 0 Å². The Hall–Kier alpha value is -1.83. The monoisotopic (exact) mass is 209 g/mol. The lowest BCUT2D eigenvalue weighted by Crippen LogP contribution is -2.43. The summed E-state index contributed by atoms with van der Waals surface area (Å²) in [6.07, 6.45) is 0. The summed E-state index contributed by atoms with van der Waals surface area (Å²) < 4.78 is 0. The molecule has 0 aromatic heterocycles. The molecule has 5 nitrogen and oxygen atoms in total. The topological polar surface area (TPSA) is 73.2 Å². The summed E-state index contributed by atoms with van der Waals surface area (Å²) in [5.41, 5.74) is 0.804. The van der Waals surface area contributed by atoms with Crippen LogP contribution in [0.25, 0.3) is 0 Å². The van der Waals surface area contributed by atoms with Crippen LogP contribution in [0.3, 0.4) is 0 Å². The average molecular weight is 209 g/mol. The van der Waals surface area contributed by atoms with Gasteiger partial charge in [-0.25, -0.2) is 0 Å². The first-order chi connectivity index (χ1) is 7.02. The Bertz CT molecular complexity index is 304. The predicted molar refractivity (Wildman–Crippen MR) is 55.7 cm³/mol. The van der Waals surface area contributed by atoms with Gasteiger partial charge in [-0.3, -0.25) is 9.59 Å². The van der Waals surface area contributed by atoms with Crippen molar-refractivity contribution in [1.82, 2.24) is 10.2 Å². The number of nitriles is 1. The van der Waals surface area contributed by atoms with Crippen LogP contribution in [-0.4, -0.2) is 36.3 Å². The van der Waals surface area contributed by atoms with Crippen molar-refractivity contribution in [1.29, 1.82) is 5.26 Å². The van der Waals surface area contributed by atoms with E-state index in [-0.39, 0.29) is 6.54 Å². The molecule has 0 rings (SSSR count). The molecule has 2 amide bonds. The molecule has 0 aliphatic rings. The molecule has 0 aromatic carbocycles. The Labute approximate surface area is 89.4 Å². The fourth-order valence-corrected chi connectivity index (χ4v) is 0.992. The molecule has 0 aromatic rings. The van der Waals surface area contributed by atoms with Gasteiger partial charge in [-0.2, -0.15) is 5.26 Å². The maximum atomic E-state index is 11.5. The molecule has 0 saturated heterocycles. The number of likely N-dealkylation sites (N-methyl/N-ethyl adjacent to an activating group) is 1. The lowest BCUT2D eigenvalue weighted by Gasteiger charge is -2.19. The summed E-state index contributed by atoms with van der Waals surface area (Å²) in [6, 6.07) is 1.73. The minimum absolute atomic E-state index is 0.158. The second-order valence-corrected chi connectivity index (χ2v) is 3.12. The van der Waals surface area contributed by atoms with Crippen molar-refractivity contribution in [3.63, 3.8) is 0 Å². The minimum atomic E-state index is -0.750. The normalized spacial score (nSPS) is 8.87. The molecule has 0 spiro atoms. The summed E-state index contributed by atoms with van der Waals surface area (Å²) in [4.78, 5) is 24.0. The lowest BCUT2D eigenvalue weighted by atomic mass is 10.3. The van der Waals surface area contributed by atoms with Crippen LogP contribution >= 0.6 is 0 Å². The quantitative estimate of drug-likeness (QED) is 0.404. The van der Waals surface area contributed by atoms with E-state index in [1.165, 1.54) is 4.90 Å². The zero-order valence-corrected chi connectivity index (χ0v) is 9.04. The van der Waals surface area contributed by atoms with Crippen molar-refractivity contribution in [2.45, 2.75) is 13.8 Å². The van der Waals surface area contributed by atoms with Gasteiger partial charge in [-0.1, -0.05) is 12.2 Å². The Kier molecular flexibility index (Phi) is 5.79. The molecule has 0 saturated carbocycles. The van der Waals surface area contributed by atoms with E-state index >= 15 is 0 Å². The molecule has 5 heteroatoms. The van der Waals surface area contributed by atoms with E-state index in [4.69, 9.17) is 5.26 Å². The molecule has 0 fully saturated rings. The van der Waals surface area contributed by atoms with Crippen LogP contribution in [0.1, 0.15) is 13.8 Å². The minimum Gasteiger partial charge on any atom is -0.335 e. The molecule has 0 bridgehead atoms. The summed E-state index contributed by atoms with van der Waals surface area (Å²) >= 11 is 0. The predicted octanol–water partition coefficient (Wildman–Crippen LogP) is 0.0508. The first kappa shape index (κ1) is 13.2. The maximum absolute atomic E-state index is 11.5. The molecule has 1 N–H and O–H groups in total. The van der Waals surface area contributed by atoms with Gasteiger partial charge in [-0.15, -0.1) is 0 Å². The number of amides is 2. The second kappa shape index (κ2) is 6.60. The van der Waals surface area contributed by atoms with Crippen molar-refractivity contribution < 1.29 is 9.59 Å². The van der Waals surface area contributed by atoms with Crippen LogP contribution in [0.15, 0.2) is 12.2 Å². The molecule has 0 heterocycles. The molecule has 15 heavy (non-hydrogen) atoms. The average Bonchev–Trinajstić information content (AvgIpc) is 2.21. The van der Waals surface area contributed by atoms with Gasteiger partial charge in [0.05, 0.1) is 6.07 Å². The highest BCUT2D eigenvalue weighted by molar-refractivity contribution is 6.35. The van der Waals surface area contributed by atoms with E-state index < -0.39 is 11.8 Å². The molecule has 0 aliphatic carbocycles. The van der Waals surface area contributed by atoms with Gasteiger partial charge < -0.3 is 10.2 Å². The summed E-state index contributed by atoms with van der Waals surface area (Å²) in [6.45, 7) is 7.86. The SMILES string of the molecule is C=C(C)CN(CC)C(=O)C(=O)NCC#N. The van der Waals surface area contributed by atoms with E-state index in [2.05, 4.69) is 11.9 Å². The third kappa shape index (κ3) is 4.81. The highest BCUT2D eigenvalue weighted by atomic mass is 16.2. The van der Waals surface area contributed by atoms with E-state index in [0.717, 1.165) is 5.57 Å². The van der Waals surface area contributed by atoms with Gasteiger partial charge in [0.15, 0.2) is 0 Å². The standard InChI is InChI=1S/C10H15N3O2/c1-4-13(7-8(2)3)10(15)9(14)12-6-5-11/h2,4,6-7H2,1,3H3,(H,12,14). The Balaban J connectivity index is 4.32. The zero-order valence-electron chi connectivity index (χ0n) is 9.04. The molecule has 0 atom stereocenters. The summed E-state index contributed by atoms with van der Waals surface area (Å²) in [7, 11) is 0. The van der Waals surface area contributed by atoms with Gasteiger partial charge in [0.25, 0.3) is 0 Å². The Morgan fingerprint density at radius 2 is 2.13 bits per heavy atom. The van der Waals surface area contributed by atoms with Crippen LogP contribution in [0.5, 0.6) is 0 Å². The number of hydrogen-bond acceptors (Lipinski definition) is 3. The number of carbonyl (C=O) groups excluding carboxylic acids is 2. The fourth-order valence-electron chi connectivity index (χ4n) is 0.992. The maximum Gasteiger partial charge on any atom is 0.312 e. The van der Waals surface area contributed by atoms with Gasteiger partial charge in [-0.05, 0) is 13.8 Å². The number of rotatable bonds is 4. The first-order valence-corrected chi connectivity index (χ1v) is 4.61. The van der Waals surface area contributed by atoms with Crippen LogP contribution in [0, 0.1) is 11.3 Å². The molecule has 0 radical (unpaired) electrons. The summed E-state index contributed by atoms with van der Waals surface area (Å²) in [5, 5.41) is 10.4. The Morgan fingerprint density at radius 3 is 2.53 bits per heavy atom. The first-order valence-electron chi connectivity index (χ1n) is 4.61. The van der Waals surface area contributed by atoms with Gasteiger partial charge in [0.1, 0.15) is 6.54 Å². The number of nitrogens with one attached hydrogen (secondary N) is 1. The highest BCUT2D eigenvalue weighted by Crippen LogP contribution is 1.96. The third-order valence-corrected chi connectivity index (χ3v) is 1.65. The highest BCUT2D eigenvalue weighted by Gasteiger charge is 2.19. The van der Waals surface area contributed by atoms with E-state index in [9.17, 15) is 9.59 Å². The molecule has 0 aliphatic heterocycles. The van der Waals surface area contributed by atoms with Gasteiger partial charge in [0, 0.05) is 13.1 Å². The van der Waals surface area contributed by atoms with Gasteiger partial charge >= 0.3 is 11.8 Å². The summed E-state index contributed by atoms with van der Waals surface area (Å²) in [5.74, 6) is -1.38. The largest absolute Gasteiger partial charge is 0.335 e. The fraction of sp³-hybridized carbons (Fsp3) is 0.500. The van der Waals surface area contributed by atoms with Crippen LogP contribution in [-0.2, 0) is 9.59 Å². The van der Waals surface area contributed by atoms with Crippen molar-refractivity contribution in [3.05, 3.63) is 12.2 Å². The number of hydrogen-bond donors (Lipinski definition) is 1. The second-order valence-electron chi connectivity index (χ2n) is 3.12. The lowest BCUT2D eigenvalue weighted by molar-refractivity contribution is -0.145. The van der Waals surface area contributed by atoms with Crippen LogP contribution in [0.2, 0.25) is 0 Å². The smallest absolute Gasteiger partial charge is 0.312 e. The number of nitrogens with zero attached hydrogens (tertiary/aromatic N) is 2. The van der Waals surface area contributed by atoms with Crippen molar-refractivity contribution >= 4 is 11.8 Å². The zero-order chi connectivity index (χ0) is 11.8. The van der Waals surface area contributed by atoms with E-state index in [1.807, 2.05) is 0 Å². The van der Waals surface area contributed by atoms with Crippen molar-refractivity contribution in [2.24, 2.45) is 0 Å². The van der Waals surface area contributed by atoms with Crippen molar-refractivity contribution in [3.8, 4) is 6.07 Å². The Morgan fingerprint density at radius 1 is 1.53 bits per heavy atom. The van der Waals surface area contributed by atoms with E-state index in [1.54, 1.807) is 19.9 Å². The van der Waals surface area contributed by atoms with E-state index in [0.29, 0.717) is 13.1 Å². The van der Waals surface area contributed by atoms with Crippen molar-refractivity contribution in [2.75, 3.05) is 19.6 Å². The molecular weight excluding hydrogens is 194 g/mol. The third-order valence-electron chi connectivity index (χ3n) is 1.65. The van der Waals surface area contributed by atoms with Crippen LogP contribution in [0.4, 0.5) is 0 Å². The molecular formula is C10H15N3O2.